The molecule has 0 aliphatic rings. The van der Waals surface area contributed by atoms with Crippen LogP contribution in [0.5, 0.6) is 0 Å². The van der Waals surface area contributed by atoms with Gasteiger partial charge in [0.25, 0.3) is 5.91 Å². The molecule has 0 atom stereocenters. The van der Waals surface area contributed by atoms with Crippen molar-refractivity contribution < 1.29 is 6.17 Å². The van der Waals surface area contributed by atoms with E-state index in [4.69, 9.17) is 7.10 Å². The van der Waals surface area contributed by atoms with E-state index in [0.717, 1.165) is 0 Å². The average molecular weight is 162 g/mol. The lowest BCUT2D eigenvalue weighted by Gasteiger charge is -1.94. The number of carbonyl (C=O) groups is 1. The Kier molecular flexibility index (Phi) is 1.12. The molecule has 4 heteroatoms. The van der Waals surface area contributed by atoms with Gasteiger partial charge in [-0.3, -0.25) is 9.20 Å². The van der Waals surface area contributed by atoms with E-state index in [2.05, 4.69) is 4.98 Å². The largest absolute Gasteiger partial charge is 0.364 e. The number of imidazole rings is 1. The van der Waals surface area contributed by atoms with Gasteiger partial charge in [-0.25, -0.2) is 4.98 Å². The maximum atomic E-state index is 10.9. The van der Waals surface area contributed by atoms with Crippen molar-refractivity contribution in [3.8, 4) is 0 Å². The summed E-state index contributed by atoms with van der Waals surface area (Å²) < 4.78 is 8.90. The molecule has 0 aliphatic heterocycles. The fourth-order valence-electron chi connectivity index (χ4n) is 1.05. The molecule has 0 radical (unpaired) electrons. The van der Waals surface area contributed by atoms with Crippen LogP contribution in [0.4, 0.5) is 0 Å². The molecule has 0 saturated heterocycles. The van der Waals surface area contributed by atoms with Crippen LogP contribution in [0.1, 0.15) is 11.9 Å². The van der Waals surface area contributed by atoms with Crippen LogP contribution in [0.15, 0.2) is 30.6 Å². The average Bonchev–Trinajstić information content (AvgIpc) is 2.39. The zero-order chi connectivity index (χ0) is 9.42. The summed E-state index contributed by atoms with van der Waals surface area (Å²) in [6.45, 7) is 0. The summed E-state index contributed by atoms with van der Waals surface area (Å²) in [6.07, 6.45) is 1.57. The number of carbonyl (C=O) groups excluding carboxylic acids is 1. The zero-order valence-corrected chi connectivity index (χ0v) is 6.19. The van der Waals surface area contributed by atoms with Crippen LogP contribution in [0.3, 0.4) is 0 Å². The second-order valence-corrected chi connectivity index (χ2v) is 2.37. The molecule has 12 heavy (non-hydrogen) atoms. The molecule has 2 rings (SSSR count). The third-order valence-electron chi connectivity index (χ3n) is 1.59. The van der Waals surface area contributed by atoms with Crippen molar-refractivity contribution in [2.24, 2.45) is 5.73 Å². The number of nitrogens with two attached hydrogens (primary N) is 1. The summed E-state index contributed by atoms with van der Waals surface area (Å²) in [7, 11) is 0. The van der Waals surface area contributed by atoms with Gasteiger partial charge in [0.15, 0.2) is 0 Å². The number of rotatable bonds is 1. The molecule has 0 fully saturated rings. The topological polar surface area (TPSA) is 60.4 Å². The molecule has 2 aromatic heterocycles. The molecule has 2 N–H and O–H groups in total. The number of nitrogens with zero attached hydrogens (tertiary/aromatic N) is 2. The summed E-state index contributed by atoms with van der Waals surface area (Å²) in [5.41, 5.74) is 5.78. The standard InChI is InChI=1S/C8H7N3O/c9-8(12)6-5-10-7-3-1-2-4-11(6)7/h1-5H,(H2,9,12)/i5D. The first kappa shape index (κ1) is 5.77. The SMILES string of the molecule is [2H]c1nc2ccccn2c1C(N)=O. The van der Waals surface area contributed by atoms with Gasteiger partial charge in [0.1, 0.15) is 11.3 Å². The molecule has 60 valence electrons. The Bertz CT molecular complexity index is 477. The van der Waals surface area contributed by atoms with E-state index in [1.54, 1.807) is 24.4 Å². The van der Waals surface area contributed by atoms with E-state index in [-0.39, 0.29) is 11.9 Å². The van der Waals surface area contributed by atoms with E-state index >= 15 is 0 Å². The van der Waals surface area contributed by atoms with Gasteiger partial charge in [-0.2, -0.15) is 0 Å². The van der Waals surface area contributed by atoms with Gasteiger partial charge in [-0.05, 0) is 12.1 Å². The normalized spacial score (nSPS) is 11.5. The molecule has 0 aromatic carbocycles. The molecule has 2 aromatic rings. The Morgan fingerprint density at radius 1 is 1.67 bits per heavy atom. The molecule has 0 bridgehead atoms. The lowest BCUT2D eigenvalue weighted by molar-refractivity contribution is 0.0995. The minimum absolute atomic E-state index is 0.0845. The quantitative estimate of drug-likeness (QED) is 0.661. The lowest BCUT2D eigenvalue weighted by Crippen LogP contribution is -2.13. The van der Waals surface area contributed by atoms with Crippen LogP contribution < -0.4 is 5.73 Å². The maximum absolute atomic E-state index is 10.9. The highest BCUT2D eigenvalue weighted by Gasteiger charge is 2.05. The third-order valence-corrected chi connectivity index (χ3v) is 1.59. The number of hydrogen-bond acceptors (Lipinski definition) is 2. The number of hydrogen-bond donors (Lipinski definition) is 1. The van der Waals surface area contributed by atoms with Crippen LogP contribution in [0, 0.1) is 0 Å². The first-order valence-corrected chi connectivity index (χ1v) is 3.43. The van der Waals surface area contributed by atoms with Crippen molar-refractivity contribution in [3.63, 3.8) is 0 Å². The van der Waals surface area contributed by atoms with Crippen molar-refractivity contribution in [1.29, 1.82) is 0 Å². The monoisotopic (exact) mass is 162 g/mol. The molecule has 1 amide bonds. The van der Waals surface area contributed by atoms with Crippen LogP contribution in [-0.4, -0.2) is 15.3 Å². The van der Waals surface area contributed by atoms with Crippen LogP contribution in [-0.2, 0) is 0 Å². The number of pyridine rings is 1. The Balaban J connectivity index is 2.86. The summed E-state index contributed by atoms with van der Waals surface area (Å²) in [6, 6.07) is 5.25. The lowest BCUT2D eigenvalue weighted by atomic mass is 10.4. The van der Waals surface area contributed by atoms with Crippen molar-refractivity contribution in [2.45, 2.75) is 0 Å². The van der Waals surface area contributed by atoms with Crippen LogP contribution in [0.2, 0.25) is 0 Å². The fraction of sp³-hybridized carbons (Fsp3) is 0. The Labute approximate surface area is 70.0 Å². The highest BCUT2D eigenvalue weighted by Crippen LogP contribution is 2.04. The summed E-state index contributed by atoms with van der Waals surface area (Å²) >= 11 is 0. The highest BCUT2D eigenvalue weighted by molar-refractivity contribution is 5.91. The van der Waals surface area contributed by atoms with Gasteiger partial charge in [0.05, 0.1) is 7.54 Å². The van der Waals surface area contributed by atoms with E-state index < -0.39 is 5.91 Å². The van der Waals surface area contributed by atoms with E-state index in [1.807, 2.05) is 0 Å². The molecular formula is C8H7N3O. The van der Waals surface area contributed by atoms with Crippen LogP contribution >= 0.6 is 0 Å². The van der Waals surface area contributed by atoms with E-state index in [0.29, 0.717) is 5.65 Å². The van der Waals surface area contributed by atoms with E-state index in [9.17, 15) is 4.79 Å². The van der Waals surface area contributed by atoms with Crippen molar-refractivity contribution in [2.75, 3.05) is 0 Å². The second-order valence-electron chi connectivity index (χ2n) is 2.37. The summed E-state index contributed by atoms with van der Waals surface area (Å²) in [4.78, 5) is 14.8. The van der Waals surface area contributed by atoms with Crippen molar-refractivity contribution in [1.82, 2.24) is 9.38 Å². The van der Waals surface area contributed by atoms with Gasteiger partial charge in [0.2, 0.25) is 0 Å². The highest BCUT2D eigenvalue weighted by atomic mass is 16.1. The number of amides is 1. The predicted molar refractivity (Wildman–Crippen MR) is 43.7 cm³/mol. The zero-order valence-electron chi connectivity index (χ0n) is 7.19. The van der Waals surface area contributed by atoms with E-state index in [1.165, 1.54) is 4.40 Å². The van der Waals surface area contributed by atoms with Gasteiger partial charge in [-0.15, -0.1) is 0 Å². The van der Waals surface area contributed by atoms with Gasteiger partial charge < -0.3 is 5.73 Å². The Hall–Kier alpha value is -1.84. The second kappa shape index (κ2) is 2.34. The predicted octanol–water partition coefficient (Wildman–Crippen LogP) is 0.433. The summed E-state index contributed by atoms with van der Waals surface area (Å²) in [5.74, 6) is -0.635. The molecule has 2 heterocycles. The minimum Gasteiger partial charge on any atom is -0.364 e. The first-order chi connectivity index (χ1) is 6.20. The smallest absolute Gasteiger partial charge is 0.267 e. The fourth-order valence-corrected chi connectivity index (χ4v) is 1.05. The molecular weight excluding hydrogens is 154 g/mol. The molecule has 0 spiro atoms. The van der Waals surface area contributed by atoms with Gasteiger partial charge in [0, 0.05) is 6.20 Å². The summed E-state index contributed by atoms with van der Waals surface area (Å²) in [5, 5.41) is 0. The first-order valence-electron chi connectivity index (χ1n) is 3.93. The third kappa shape index (κ3) is 0.852. The maximum Gasteiger partial charge on any atom is 0.267 e. The number of fused-ring (bicyclic) bond motifs is 1. The molecule has 0 unspecified atom stereocenters. The van der Waals surface area contributed by atoms with Gasteiger partial charge >= 0.3 is 0 Å². The molecule has 4 nitrogen and oxygen atoms in total. The number of aromatic nitrogens is 2. The van der Waals surface area contributed by atoms with Gasteiger partial charge in [-0.1, -0.05) is 6.07 Å². The van der Waals surface area contributed by atoms with Crippen LogP contribution in [0.25, 0.3) is 5.65 Å². The Morgan fingerprint density at radius 3 is 3.25 bits per heavy atom. The number of primary amides is 1. The Morgan fingerprint density at radius 2 is 2.50 bits per heavy atom. The molecule has 0 aliphatic carbocycles. The van der Waals surface area contributed by atoms with Crippen molar-refractivity contribution >= 4 is 11.6 Å². The van der Waals surface area contributed by atoms with Crippen molar-refractivity contribution in [3.05, 3.63) is 36.3 Å². The minimum atomic E-state index is -0.635. The molecule has 0 saturated carbocycles.